The Hall–Kier alpha value is -2.36. The zero-order valence-corrected chi connectivity index (χ0v) is 14.9. The fraction of sp³-hybridized carbons (Fsp3) is 0.588. The molecular formula is C17H22F3N3O4. The second-order valence-corrected chi connectivity index (χ2v) is 6.38. The molecule has 1 fully saturated rings. The number of amides is 1. The summed E-state index contributed by atoms with van der Waals surface area (Å²) >= 11 is 0. The van der Waals surface area contributed by atoms with E-state index in [-0.39, 0.29) is 11.3 Å². The molecule has 27 heavy (non-hydrogen) atoms. The van der Waals surface area contributed by atoms with E-state index in [9.17, 15) is 28.1 Å². The number of nitro benzene ring substituents is 1. The molecule has 1 amide bonds. The minimum absolute atomic E-state index is 0.233. The zero-order chi connectivity index (χ0) is 20.0. The molecule has 0 unspecified atom stereocenters. The summed E-state index contributed by atoms with van der Waals surface area (Å²) in [6.45, 7) is 3.06. The predicted octanol–water partition coefficient (Wildman–Crippen LogP) is 3.00. The molecule has 0 saturated carbocycles. The van der Waals surface area contributed by atoms with Crippen LogP contribution >= 0.6 is 0 Å². The lowest BCUT2D eigenvalue weighted by molar-refractivity contribution is -0.385. The molecule has 0 aromatic heterocycles. The Labute approximate surface area is 154 Å². The largest absolute Gasteiger partial charge is 0.484 e. The van der Waals surface area contributed by atoms with Crippen molar-refractivity contribution in [2.24, 2.45) is 5.92 Å². The number of hydrogen-bond donors (Lipinski definition) is 1. The number of carbonyl (C=O) groups excluding carboxylic acids is 1. The van der Waals surface area contributed by atoms with Crippen molar-refractivity contribution >= 4 is 11.6 Å². The van der Waals surface area contributed by atoms with Crippen LogP contribution in [0.3, 0.4) is 0 Å². The van der Waals surface area contributed by atoms with Gasteiger partial charge < -0.3 is 15.0 Å². The molecule has 2 rings (SSSR count). The maximum Gasteiger partial charge on any atom is 0.422 e. The van der Waals surface area contributed by atoms with E-state index in [2.05, 4.69) is 10.1 Å². The zero-order valence-electron chi connectivity index (χ0n) is 14.9. The minimum atomic E-state index is -4.54. The Morgan fingerprint density at radius 2 is 2.04 bits per heavy atom. The molecule has 150 valence electrons. The van der Waals surface area contributed by atoms with Gasteiger partial charge in [0.25, 0.3) is 11.6 Å². The van der Waals surface area contributed by atoms with Gasteiger partial charge >= 0.3 is 6.18 Å². The number of alkyl halides is 3. The van der Waals surface area contributed by atoms with Gasteiger partial charge in [0, 0.05) is 19.2 Å². The van der Waals surface area contributed by atoms with E-state index >= 15 is 0 Å². The molecular weight excluding hydrogens is 367 g/mol. The topological polar surface area (TPSA) is 84.7 Å². The van der Waals surface area contributed by atoms with Crippen LogP contribution in [0, 0.1) is 16.0 Å². The molecule has 1 aliphatic rings. The van der Waals surface area contributed by atoms with Gasteiger partial charge in [0.15, 0.2) is 6.61 Å². The van der Waals surface area contributed by atoms with Gasteiger partial charge in [0.1, 0.15) is 11.3 Å². The fourth-order valence-electron chi connectivity index (χ4n) is 2.96. The number of rotatable bonds is 7. The van der Waals surface area contributed by atoms with Crippen LogP contribution in [0.15, 0.2) is 18.2 Å². The quantitative estimate of drug-likeness (QED) is 0.572. The molecule has 0 spiro atoms. The van der Waals surface area contributed by atoms with E-state index in [4.69, 9.17) is 0 Å². The van der Waals surface area contributed by atoms with E-state index in [0.717, 1.165) is 44.1 Å². The first kappa shape index (κ1) is 20.9. The predicted molar refractivity (Wildman–Crippen MR) is 91.8 cm³/mol. The van der Waals surface area contributed by atoms with Gasteiger partial charge in [-0.2, -0.15) is 13.2 Å². The normalized spacial score (nSPS) is 15.6. The van der Waals surface area contributed by atoms with E-state index in [1.54, 1.807) is 0 Å². The lowest BCUT2D eigenvalue weighted by atomic mass is 9.96. The second kappa shape index (κ2) is 9.03. The Bertz CT molecular complexity index is 674. The lowest BCUT2D eigenvalue weighted by Crippen LogP contribution is -2.41. The number of likely N-dealkylation sites (tertiary alicyclic amines) is 1. The van der Waals surface area contributed by atoms with E-state index in [1.807, 2.05) is 6.92 Å². The number of carbonyl (C=O) groups is 1. The maximum absolute atomic E-state index is 12.7. The van der Waals surface area contributed by atoms with Crippen molar-refractivity contribution in [3.63, 3.8) is 0 Å². The molecule has 0 radical (unpaired) electrons. The van der Waals surface area contributed by atoms with Crippen LogP contribution < -0.4 is 10.1 Å². The highest BCUT2D eigenvalue weighted by Gasteiger charge is 2.31. The number of hydrogen-bond acceptors (Lipinski definition) is 5. The first-order valence-corrected chi connectivity index (χ1v) is 8.69. The Kier molecular flexibility index (Phi) is 7.00. The molecule has 0 bridgehead atoms. The van der Waals surface area contributed by atoms with Gasteiger partial charge in [0.05, 0.1) is 4.92 Å². The summed E-state index contributed by atoms with van der Waals surface area (Å²) in [6, 6.07) is 3.07. The van der Waals surface area contributed by atoms with Crippen LogP contribution in [0.2, 0.25) is 0 Å². The van der Waals surface area contributed by atoms with Gasteiger partial charge in [0.2, 0.25) is 0 Å². The first-order chi connectivity index (χ1) is 12.7. The highest BCUT2D eigenvalue weighted by molar-refractivity contribution is 5.98. The Morgan fingerprint density at radius 1 is 1.37 bits per heavy atom. The lowest BCUT2D eigenvalue weighted by Gasteiger charge is -2.32. The summed E-state index contributed by atoms with van der Waals surface area (Å²) in [6.07, 6.45) is -3.02. The van der Waals surface area contributed by atoms with Gasteiger partial charge in [-0.1, -0.05) is 6.92 Å². The van der Waals surface area contributed by atoms with E-state index in [1.165, 1.54) is 4.90 Å². The summed E-state index contributed by atoms with van der Waals surface area (Å²) in [5.74, 6) is -0.380. The summed E-state index contributed by atoms with van der Waals surface area (Å²) in [4.78, 5) is 24.7. The summed E-state index contributed by atoms with van der Waals surface area (Å²) in [7, 11) is 0. The van der Waals surface area contributed by atoms with Crippen LogP contribution in [0.25, 0.3) is 0 Å². The number of halogens is 3. The highest BCUT2D eigenvalue weighted by atomic mass is 19.4. The highest BCUT2D eigenvalue weighted by Crippen LogP contribution is 2.28. The fourth-order valence-corrected chi connectivity index (χ4v) is 2.96. The summed E-state index contributed by atoms with van der Waals surface area (Å²) in [5.41, 5.74) is -0.709. The minimum Gasteiger partial charge on any atom is -0.484 e. The van der Waals surface area contributed by atoms with E-state index < -0.39 is 29.3 Å². The van der Waals surface area contributed by atoms with Crippen LogP contribution in [-0.4, -0.2) is 54.7 Å². The van der Waals surface area contributed by atoms with Crippen LogP contribution in [-0.2, 0) is 0 Å². The van der Waals surface area contributed by atoms with E-state index in [0.29, 0.717) is 19.0 Å². The smallest absolute Gasteiger partial charge is 0.422 e. The van der Waals surface area contributed by atoms with Crippen molar-refractivity contribution in [2.75, 3.05) is 32.8 Å². The Morgan fingerprint density at radius 3 is 2.59 bits per heavy atom. The number of nitrogens with one attached hydrogen (secondary N) is 1. The number of ether oxygens (including phenoxy) is 1. The van der Waals surface area contributed by atoms with Gasteiger partial charge in [-0.15, -0.1) is 0 Å². The SMILES string of the molecule is CCNCC1CCN(C(=O)c2cc(OCC(F)(F)F)ccc2[N+](=O)[O-])CC1. The number of nitrogens with zero attached hydrogens (tertiary/aromatic N) is 2. The van der Waals surface area contributed by atoms with Crippen molar-refractivity contribution in [1.82, 2.24) is 10.2 Å². The summed E-state index contributed by atoms with van der Waals surface area (Å²) in [5, 5.41) is 14.5. The van der Waals surface area contributed by atoms with Crippen molar-refractivity contribution in [1.29, 1.82) is 0 Å². The van der Waals surface area contributed by atoms with Crippen LogP contribution in [0.5, 0.6) is 5.75 Å². The average Bonchev–Trinajstić information content (AvgIpc) is 2.63. The van der Waals surface area contributed by atoms with Crippen molar-refractivity contribution in [3.8, 4) is 5.75 Å². The molecule has 1 aromatic carbocycles. The van der Waals surface area contributed by atoms with Crippen molar-refractivity contribution in [2.45, 2.75) is 25.9 Å². The standard InChI is InChI=1S/C17H22F3N3O4/c1-2-21-10-12-5-7-22(8-6-12)16(24)14-9-13(27-11-17(18,19)20)3-4-15(14)23(25)26/h3-4,9,12,21H,2,5-8,10-11H2,1H3. The van der Waals surface area contributed by atoms with Gasteiger partial charge in [-0.3, -0.25) is 14.9 Å². The van der Waals surface area contributed by atoms with Gasteiger partial charge in [-0.05, 0) is 44.0 Å². The molecule has 10 heteroatoms. The Balaban J connectivity index is 2.12. The van der Waals surface area contributed by atoms with Crippen LogP contribution in [0.1, 0.15) is 30.1 Å². The average molecular weight is 389 g/mol. The number of piperidine rings is 1. The van der Waals surface area contributed by atoms with Crippen molar-refractivity contribution in [3.05, 3.63) is 33.9 Å². The molecule has 0 atom stereocenters. The first-order valence-electron chi connectivity index (χ1n) is 8.69. The summed E-state index contributed by atoms with van der Waals surface area (Å²) < 4.78 is 41.5. The monoisotopic (exact) mass is 389 g/mol. The number of nitro groups is 1. The van der Waals surface area contributed by atoms with Crippen LogP contribution in [0.4, 0.5) is 18.9 Å². The molecule has 1 aromatic rings. The molecule has 1 aliphatic heterocycles. The maximum atomic E-state index is 12.7. The third-order valence-corrected chi connectivity index (χ3v) is 4.38. The third-order valence-electron chi connectivity index (χ3n) is 4.38. The molecule has 0 aliphatic carbocycles. The molecule has 1 N–H and O–H groups in total. The van der Waals surface area contributed by atoms with Gasteiger partial charge in [-0.25, -0.2) is 0 Å². The molecule has 1 saturated heterocycles. The second-order valence-electron chi connectivity index (χ2n) is 6.38. The molecule has 7 nitrogen and oxygen atoms in total. The third kappa shape index (κ3) is 6.09. The van der Waals surface area contributed by atoms with Crippen molar-refractivity contribution < 1.29 is 27.6 Å². The number of benzene rings is 1. The molecule has 1 heterocycles.